The Bertz CT molecular complexity index is 386. The highest BCUT2D eigenvalue weighted by molar-refractivity contribution is 5.79. The van der Waals surface area contributed by atoms with E-state index in [-0.39, 0.29) is 24.3 Å². The van der Waals surface area contributed by atoms with Crippen molar-refractivity contribution < 1.29 is 14.7 Å². The summed E-state index contributed by atoms with van der Waals surface area (Å²) < 4.78 is 0. The number of nitrogens with one attached hydrogen (secondary N) is 1. The predicted octanol–water partition coefficient (Wildman–Crippen LogP) is 1.26. The van der Waals surface area contributed by atoms with Crippen LogP contribution >= 0.6 is 0 Å². The Morgan fingerprint density at radius 2 is 1.65 bits per heavy atom. The lowest BCUT2D eigenvalue weighted by Gasteiger charge is -2.57. The first kappa shape index (κ1) is 13.9. The zero-order valence-electron chi connectivity index (χ0n) is 11.8. The van der Waals surface area contributed by atoms with Crippen LogP contribution in [0.2, 0.25) is 0 Å². The van der Waals surface area contributed by atoms with Crippen molar-refractivity contribution >= 4 is 11.9 Å². The zero-order chi connectivity index (χ0) is 14.3. The van der Waals surface area contributed by atoms with Crippen LogP contribution in [0.3, 0.4) is 0 Å². The van der Waals surface area contributed by atoms with E-state index in [2.05, 4.69) is 5.32 Å². The predicted molar refractivity (Wildman–Crippen MR) is 73.9 cm³/mol. The molecule has 4 aliphatic rings. The summed E-state index contributed by atoms with van der Waals surface area (Å²) in [6, 6.07) is -0.933. The first-order valence-corrected chi connectivity index (χ1v) is 7.75. The molecular weight excluding hydrogens is 256 g/mol. The maximum atomic E-state index is 12.1. The van der Waals surface area contributed by atoms with Crippen LogP contribution in [-0.2, 0) is 9.59 Å². The fourth-order valence-electron chi connectivity index (χ4n) is 5.03. The minimum Gasteiger partial charge on any atom is -0.480 e. The summed E-state index contributed by atoms with van der Waals surface area (Å²) in [6.07, 6.45) is 7.83. The molecule has 112 valence electrons. The van der Waals surface area contributed by atoms with E-state index in [0.717, 1.165) is 37.0 Å². The van der Waals surface area contributed by atoms with Crippen molar-refractivity contribution in [3.05, 3.63) is 0 Å². The van der Waals surface area contributed by atoms with Gasteiger partial charge in [-0.2, -0.15) is 0 Å². The van der Waals surface area contributed by atoms with Crippen molar-refractivity contribution in [2.75, 3.05) is 0 Å². The molecule has 4 N–H and O–H groups in total. The van der Waals surface area contributed by atoms with Crippen LogP contribution < -0.4 is 11.1 Å². The Morgan fingerprint density at radius 3 is 2.10 bits per heavy atom. The quantitative estimate of drug-likeness (QED) is 0.707. The van der Waals surface area contributed by atoms with Gasteiger partial charge in [0, 0.05) is 12.0 Å². The monoisotopic (exact) mass is 280 g/mol. The third-order valence-corrected chi connectivity index (χ3v) is 5.44. The van der Waals surface area contributed by atoms with Crippen LogP contribution in [0.15, 0.2) is 0 Å². The number of hydrogen-bond donors (Lipinski definition) is 3. The number of nitrogens with two attached hydrogens (primary N) is 1. The molecule has 4 fully saturated rings. The minimum absolute atomic E-state index is 0.0130. The van der Waals surface area contributed by atoms with Crippen molar-refractivity contribution in [1.29, 1.82) is 0 Å². The maximum absolute atomic E-state index is 12.1. The van der Waals surface area contributed by atoms with E-state index in [1.165, 1.54) is 19.3 Å². The molecular formula is C15H24N2O3. The van der Waals surface area contributed by atoms with Crippen molar-refractivity contribution in [1.82, 2.24) is 5.32 Å². The summed E-state index contributed by atoms with van der Waals surface area (Å²) in [7, 11) is 0. The van der Waals surface area contributed by atoms with Crippen LogP contribution in [-0.4, -0.2) is 28.6 Å². The fraction of sp³-hybridized carbons (Fsp3) is 0.867. The molecule has 0 aromatic heterocycles. The molecule has 4 aliphatic carbocycles. The molecule has 5 nitrogen and oxygen atoms in total. The van der Waals surface area contributed by atoms with Gasteiger partial charge in [0.25, 0.3) is 0 Å². The SMILES string of the molecule is N[C@@H](CCC(=O)NC12CC3CC(CC(C3)C1)C2)C(=O)O. The second-order valence-corrected chi connectivity index (χ2v) is 7.23. The highest BCUT2D eigenvalue weighted by atomic mass is 16.4. The number of aliphatic carboxylic acids is 1. The van der Waals surface area contributed by atoms with Gasteiger partial charge in [-0.25, -0.2) is 0 Å². The molecule has 1 amide bonds. The minimum atomic E-state index is -1.03. The van der Waals surface area contributed by atoms with Gasteiger partial charge >= 0.3 is 5.97 Å². The van der Waals surface area contributed by atoms with E-state index in [1.54, 1.807) is 0 Å². The Morgan fingerprint density at radius 1 is 1.15 bits per heavy atom. The normalized spacial score (nSPS) is 39.5. The van der Waals surface area contributed by atoms with E-state index in [4.69, 9.17) is 10.8 Å². The van der Waals surface area contributed by atoms with Crippen LogP contribution in [0.4, 0.5) is 0 Å². The Kier molecular flexibility index (Phi) is 3.48. The molecule has 0 saturated heterocycles. The molecule has 1 atom stereocenters. The van der Waals surface area contributed by atoms with Gasteiger partial charge in [-0.3, -0.25) is 9.59 Å². The van der Waals surface area contributed by atoms with Crippen LogP contribution in [0.1, 0.15) is 51.4 Å². The van der Waals surface area contributed by atoms with E-state index < -0.39 is 12.0 Å². The Hall–Kier alpha value is -1.10. The second-order valence-electron chi connectivity index (χ2n) is 7.23. The van der Waals surface area contributed by atoms with Crippen molar-refractivity contribution in [2.24, 2.45) is 23.5 Å². The summed E-state index contributed by atoms with van der Waals surface area (Å²) in [6.45, 7) is 0. The third kappa shape index (κ3) is 2.68. The van der Waals surface area contributed by atoms with Crippen molar-refractivity contribution in [3.8, 4) is 0 Å². The zero-order valence-corrected chi connectivity index (χ0v) is 11.8. The lowest BCUT2D eigenvalue weighted by molar-refractivity contribution is -0.138. The van der Waals surface area contributed by atoms with E-state index in [1.807, 2.05) is 0 Å². The Balaban J connectivity index is 1.55. The number of amides is 1. The van der Waals surface area contributed by atoms with Gasteiger partial charge in [0.2, 0.25) is 5.91 Å². The maximum Gasteiger partial charge on any atom is 0.320 e. The van der Waals surface area contributed by atoms with Gasteiger partial charge in [0.1, 0.15) is 6.04 Å². The Labute approximate surface area is 119 Å². The van der Waals surface area contributed by atoms with Gasteiger partial charge in [0.05, 0.1) is 0 Å². The standard InChI is InChI=1S/C15H24N2O3/c16-12(14(19)20)1-2-13(18)17-15-6-9-3-10(7-15)5-11(4-9)8-15/h9-12H,1-8,16H2,(H,17,18)(H,19,20)/t9?,10?,11?,12-,15?/m0/s1. The van der Waals surface area contributed by atoms with Crippen molar-refractivity contribution in [3.63, 3.8) is 0 Å². The van der Waals surface area contributed by atoms with Gasteiger partial charge in [0.15, 0.2) is 0 Å². The highest BCUT2D eigenvalue weighted by Gasteiger charge is 2.51. The molecule has 0 radical (unpaired) electrons. The number of carboxylic acids is 1. The molecule has 0 unspecified atom stereocenters. The summed E-state index contributed by atoms with van der Waals surface area (Å²) in [4.78, 5) is 22.8. The molecule has 0 spiro atoms. The lowest BCUT2D eigenvalue weighted by atomic mass is 9.53. The van der Waals surface area contributed by atoms with Crippen molar-refractivity contribution in [2.45, 2.75) is 62.9 Å². The molecule has 4 saturated carbocycles. The summed E-state index contributed by atoms with van der Waals surface area (Å²) in [5, 5.41) is 12.0. The third-order valence-electron chi connectivity index (χ3n) is 5.44. The highest BCUT2D eigenvalue weighted by Crippen LogP contribution is 2.55. The molecule has 4 rings (SSSR count). The van der Waals surface area contributed by atoms with E-state index in [9.17, 15) is 9.59 Å². The number of carbonyl (C=O) groups is 2. The number of rotatable bonds is 5. The summed E-state index contributed by atoms with van der Waals surface area (Å²) in [5.41, 5.74) is 5.46. The molecule has 0 aliphatic heterocycles. The first-order valence-electron chi connectivity index (χ1n) is 7.75. The van der Waals surface area contributed by atoms with E-state index in [0.29, 0.717) is 0 Å². The summed E-state index contributed by atoms with van der Waals surface area (Å²) >= 11 is 0. The molecule has 0 aromatic carbocycles. The number of carboxylic acid groups (broad SMARTS) is 1. The van der Waals surface area contributed by atoms with Crippen LogP contribution in [0, 0.1) is 17.8 Å². The van der Waals surface area contributed by atoms with Crippen LogP contribution in [0.5, 0.6) is 0 Å². The second kappa shape index (κ2) is 5.02. The van der Waals surface area contributed by atoms with Gasteiger partial charge in [-0.15, -0.1) is 0 Å². The topological polar surface area (TPSA) is 92.4 Å². The van der Waals surface area contributed by atoms with Gasteiger partial charge in [-0.1, -0.05) is 0 Å². The molecule has 20 heavy (non-hydrogen) atoms. The average Bonchev–Trinajstić information content (AvgIpc) is 2.33. The molecule has 5 heteroatoms. The summed E-state index contributed by atoms with van der Waals surface area (Å²) in [5.74, 6) is 1.32. The van der Waals surface area contributed by atoms with E-state index >= 15 is 0 Å². The smallest absolute Gasteiger partial charge is 0.320 e. The molecule has 0 aromatic rings. The lowest BCUT2D eigenvalue weighted by Crippen LogP contribution is -2.59. The largest absolute Gasteiger partial charge is 0.480 e. The van der Waals surface area contributed by atoms with Gasteiger partial charge in [-0.05, 0) is 62.7 Å². The molecule has 0 heterocycles. The van der Waals surface area contributed by atoms with Crippen LogP contribution in [0.25, 0.3) is 0 Å². The first-order chi connectivity index (χ1) is 9.46. The number of carbonyl (C=O) groups excluding carboxylic acids is 1. The average molecular weight is 280 g/mol. The number of hydrogen-bond acceptors (Lipinski definition) is 3. The van der Waals surface area contributed by atoms with Gasteiger partial charge < -0.3 is 16.2 Å². The fourth-order valence-corrected chi connectivity index (χ4v) is 5.03. The molecule has 4 bridgehead atoms.